The summed E-state index contributed by atoms with van der Waals surface area (Å²) in [6.07, 6.45) is 3.69. The lowest BCUT2D eigenvalue weighted by atomic mass is 9.79. The summed E-state index contributed by atoms with van der Waals surface area (Å²) in [6, 6.07) is 14.7. The van der Waals surface area contributed by atoms with Crippen molar-refractivity contribution in [3.05, 3.63) is 75.6 Å². The number of ether oxygens (including phenoxy) is 1. The van der Waals surface area contributed by atoms with Gasteiger partial charge in [-0.2, -0.15) is 11.3 Å². The molecule has 2 aliphatic rings. The van der Waals surface area contributed by atoms with E-state index >= 15 is 0 Å². The number of benzene rings is 1. The molecule has 1 saturated heterocycles. The highest BCUT2D eigenvalue weighted by atomic mass is 35.5. The van der Waals surface area contributed by atoms with E-state index in [9.17, 15) is 9.59 Å². The fourth-order valence-corrected chi connectivity index (χ4v) is 6.03. The number of halogens is 1. The largest absolute Gasteiger partial charge is 0.478 e. The van der Waals surface area contributed by atoms with Gasteiger partial charge in [0.05, 0.1) is 17.3 Å². The lowest BCUT2D eigenvalue weighted by Gasteiger charge is -2.39. The molecule has 1 N–H and O–H groups in total. The molecule has 0 spiro atoms. The number of hydrogen-bond donors (Lipinski definition) is 1. The first-order valence-corrected chi connectivity index (χ1v) is 13.1. The zero-order chi connectivity index (χ0) is 22.8. The van der Waals surface area contributed by atoms with Crippen LogP contribution in [-0.2, 0) is 15.1 Å². The van der Waals surface area contributed by atoms with E-state index in [2.05, 4.69) is 5.32 Å². The Bertz CT molecular complexity index is 1150. The maximum absolute atomic E-state index is 13.4. The number of aromatic nitrogens is 1. The van der Waals surface area contributed by atoms with Crippen LogP contribution in [0.15, 0.2) is 64.2 Å². The van der Waals surface area contributed by atoms with Crippen LogP contribution in [-0.4, -0.2) is 28.5 Å². The van der Waals surface area contributed by atoms with E-state index in [4.69, 9.17) is 21.3 Å². The summed E-state index contributed by atoms with van der Waals surface area (Å²) < 4.78 is 5.89. The van der Waals surface area contributed by atoms with Crippen LogP contribution in [0.4, 0.5) is 0 Å². The van der Waals surface area contributed by atoms with Crippen LogP contribution in [0.3, 0.4) is 0 Å². The van der Waals surface area contributed by atoms with Crippen LogP contribution in [0.5, 0.6) is 5.88 Å². The highest BCUT2D eigenvalue weighted by molar-refractivity contribution is 8.01. The maximum atomic E-state index is 13.4. The number of thiophene rings is 1. The van der Waals surface area contributed by atoms with E-state index in [1.54, 1.807) is 6.07 Å². The first-order valence-electron chi connectivity index (χ1n) is 10.9. The van der Waals surface area contributed by atoms with Gasteiger partial charge in [-0.3, -0.25) is 9.59 Å². The van der Waals surface area contributed by atoms with E-state index in [1.165, 1.54) is 35.9 Å². The number of pyridine rings is 1. The molecule has 1 aliphatic carbocycles. The molecule has 33 heavy (non-hydrogen) atoms. The SMILES string of the molecule is O=C1C[C@@](c2ccsc2)(c2cccc(OCCC3CC3)n2)NC(=O)C1Sc1ccccc1Cl. The van der Waals surface area contributed by atoms with Crippen LogP contribution < -0.4 is 10.1 Å². The molecule has 170 valence electrons. The molecule has 3 heterocycles. The van der Waals surface area contributed by atoms with Gasteiger partial charge in [-0.25, -0.2) is 4.98 Å². The molecule has 2 fully saturated rings. The molecule has 8 heteroatoms. The fourth-order valence-electron chi connectivity index (χ4n) is 4.06. The van der Waals surface area contributed by atoms with Crippen molar-refractivity contribution >= 4 is 46.4 Å². The first kappa shape index (κ1) is 22.4. The van der Waals surface area contributed by atoms with Crippen LogP contribution in [0.1, 0.15) is 36.9 Å². The minimum Gasteiger partial charge on any atom is -0.478 e. The van der Waals surface area contributed by atoms with E-state index in [0.717, 1.165) is 17.9 Å². The third-order valence-corrected chi connectivity index (χ3v) is 8.48. The summed E-state index contributed by atoms with van der Waals surface area (Å²) in [5.74, 6) is 0.783. The Kier molecular flexibility index (Phi) is 6.45. The Morgan fingerprint density at radius 3 is 2.73 bits per heavy atom. The van der Waals surface area contributed by atoms with Crippen molar-refractivity contribution in [2.24, 2.45) is 5.92 Å². The molecule has 3 aromatic rings. The number of thioether (sulfide) groups is 1. The molecule has 1 saturated carbocycles. The monoisotopic (exact) mass is 498 g/mol. The predicted octanol–water partition coefficient (Wildman–Crippen LogP) is 5.47. The van der Waals surface area contributed by atoms with E-state index < -0.39 is 10.8 Å². The minimum atomic E-state index is -1.03. The third kappa shape index (κ3) is 4.81. The number of hydrogen-bond acceptors (Lipinski definition) is 6. The number of nitrogens with one attached hydrogen (secondary N) is 1. The summed E-state index contributed by atoms with van der Waals surface area (Å²) in [5, 5.41) is 6.70. The van der Waals surface area contributed by atoms with E-state index in [0.29, 0.717) is 28.1 Å². The Labute approximate surface area is 205 Å². The quantitative estimate of drug-likeness (QED) is 0.417. The summed E-state index contributed by atoms with van der Waals surface area (Å²) in [6.45, 7) is 0.619. The van der Waals surface area contributed by atoms with E-state index in [-0.39, 0.29) is 18.1 Å². The van der Waals surface area contributed by atoms with Gasteiger partial charge in [0, 0.05) is 17.4 Å². The van der Waals surface area contributed by atoms with Gasteiger partial charge in [-0.15, -0.1) is 11.8 Å². The second kappa shape index (κ2) is 9.49. The van der Waals surface area contributed by atoms with Crippen LogP contribution in [0.2, 0.25) is 5.02 Å². The molecule has 5 nitrogen and oxygen atoms in total. The molecule has 0 radical (unpaired) electrons. The van der Waals surface area contributed by atoms with Gasteiger partial charge in [0.1, 0.15) is 10.8 Å². The molecule has 2 aromatic heterocycles. The number of ketones is 1. The van der Waals surface area contributed by atoms with Gasteiger partial charge >= 0.3 is 0 Å². The molecule has 5 rings (SSSR count). The molecule has 1 aromatic carbocycles. The lowest BCUT2D eigenvalue weighted by Crippen LogP contribution is -2.58. The molecule has 1 amide bonds. The Balaban J connectivity index is 1.43. The molecule has 1 unspecified atom stereocenters. The molecular weight excluding hydrogens is 476 g/mol. The Hall–Kier alpha value is -2.35. The van der Waals surface area contributed by atoms with Crippen LogP contribution >= 0.6 is 34.7 Å². The van der Waals surface area contributed by atoms with Crippen molar-refractivity contribution in [2.75, 3.05) is 6.61 Å². The number of carbonyl (C=O) groups excluding carboxylic acids is 2. The Morgan fingerprint density at radius 2 is 2.00 bits per heavy atom. The van der Waals surface area contributed by atoms with Gasteiger partial charge < -0.3 is 10.1 Å². The van der Waals surface area contributed by atoms with Gasteiger partial charge in [0.2, 0.25) is 11.8 Å². The lowest BCUT2D eigenvalue weighted by molar-refractivity contribution is -0.133. The smallest absolute Gasteiger partial charge is 0.242 e. The second-order valence-corrected chi connectivity index (χ2v) is 10.8. The van der Waals surface area contributed by atoms with Crippen molar-refractivity contribution in [2.45, 2.75) is 41.4 Å². The van der Waals surface area contributed by atoms with Gasteiger partial charge in [0.25, 0.3) is 0 Å². The van der Waals surface area contributed by atoms with Crippen molar-refractivity contribution in [3.8, 4) is 5.88 Å². The minimum absolute atomic E-state index is 0.107. The van der Waals surface area contributed by atoms with E-state index in [1.807, 2.05) is 53.2 Å². The van der Waals surface area contributed by atoms with Crippen LogP contribution in [0.25, 0.3) is 0 Å². The topological polar surface area (TPSA) is 68.3 Å². The second-order valence-electron chi connectivity index (χ2n) is 8.42. The number of amides is 1. The Morgan fingerprint density at radius 1 is 1.15 bits per heavy atom. The molecule has 2 atom stereocenters. The predicted molar refractivity (Wildman–Crippen MR) is 131 cm³/mol. The zero-order valence-corrected chi connectivity index (χ0v) is 20.2. The summed E-state index contributed by atoms with van der Waals surface area (Å²) in [4.78, 5) is 32.1. The van der Waals surface area contributed by atoms with Crippen LogP contribution in [0, 0.1) is 5.92 Å². The van der Waals surface area contributed by atoms with Gasteiger partial charge in [-0.1, -0.05) is 42.6 Å². The first-order chi connectivity index (χ1) is 16.0. The summed E-state index contributed by atoms with van der Waals surface area (Å²) >= 11 is 8.97. The number of rotatable bonds is 8. The van der Waals surface area contributed by atoms with Gasteiger partial charge in [-0.05, 0) is 52.9 Å². The van der Waals surface area contributed by atoms with Crippen molar-refractivity contribution in [1.82, 2.24) is 10.3 Å². The molecule has 1 aliphatic heterocycles. The molecule has 0 bridgehead atoms. The highest BCUT2D eigenvalue weighted by Crippen LogP contribution is 2.41. The number of Topliss-reactive ketones (excluding diaryl/α,β-unsaturated/α-hetero) is 1. The van der Waals surface area contributed by atoms with Crippen molar-refractivity contribution in [1.29, 1.82) is 0 Å². The van der Waals surface area contributed by atoms with Crippen molar-refractivity contribution < 1.29 is 14.3 Å². The highest BCUT2D eigenvalue weighted by Gasteiger charge is 2.48. The average Bonchev–Trinajstić information content (AvgIpc) is 3.46. The third-order valence-electron chi connectivity index (χ3n) is 6.04. The number of piperidine rings is 1. The zero-order valence-electron chi connectivity index (χ0n) is 17.8. The number of nitrogens with zero attached hydrogens (tertiary/aromatic N) is 1. The standard InChI is InChI=1S/C25H23ClN2O3S2/c26-18-4-1-2-5-20(18)33-23-19(29)14-25(28-24(23)30,17-11-13-32-15-17)21-6-3-7-22(27-21)31-12-10-16-8-9-16/h1-7,11,13,15-16,23H,8-10,12,14H2,(H,28,30)/t23?,25-/m1/s1. The maximum Gasteiger partial charge on any atom is 0.242 e. The molecular formula is C25H23ClN2O3S2. The normalized spacial score (nSPS) is 22.8. The summed E-state index contributed by atoms with van der Waals surface area (Å²) in [5.41, 5.74) is 0.424. The average molecular weight is 499 g/mol. The fraction of sp³-hybridized carbons (Fsp3) is 0.320. The summed E-state index contributed by atoms with van der Waals surface area (Å²) in [7, 11) is 0. The van der Waals surface area contributed by atoms with Crippen molar-refractivity contribution in [3.63, 3.8) is 0 Å². The van der Waals surface area contributed by atoms with Gasteiger partial charge in [0.15, 0.2) is 5.78 Å². The number of carbonyl (C=O) groups is 2.